The SMILES string of the molecule is CCCOc1ccc(C(=O)Nc2ccc(C(=O)N3CCOCC3)cc2)cc1Br. The average molecular weight is 447 g/mol. The van der Waals surface area contributed by atoms with Gasteiger partial charge >= 0.3 is 0 Å². The van der Waals surface area contributed by atoms with Gasteiger partial charge in [-0.15, -0.1) is 0 Å². The Kier molecular flexibility index (Phi) is 7.06. The first-order valence-corrected chi connectivity index (χ1v) is 10.1. The predicted molar refractivity (Wildman–Crippen MR) is 111 cm³/mol. The van der Waals surface area contributed by atoms with Gasteiger partial charge in [0, 0.05) is 29.9 Å². The van der Waals surface area contributed by atoms with E-state index in [0.717, 1.165) is 10.9 Å². The molecule has 2 amide bonds. The largest absolute Gasteiger partial charge is 0.492 e. The number of nitrogens with zero attached hydrogens (tertiary/aromatic N) is 1. The molecule has 1 fully saturated rings. The van der Waals surface area contributed by atoms with E-state index < -0.39 is 0 Å². The van der Waals surface area contributed by atoms with Crippen LogP contribution in [0.2, 0.25) is 0 Å². The third kappa shape index (κ3) is 5.11. The molecule has 0 unspecified atom stereocenters. The van der Waals surface area contributed by atoms with E-state index in [2.05, 4.69) is 21.2 Å². The van der Waals surface area contributed by atoms with E-state index in [1.165, 1.54) is 0 Å². The quantitative estimate of drug-likeness (QED) is 0.728. The zero-order valence-electron chi connectivity index (χ0n) is 15.7. The molecule has 1 saturated heterocycles. The summed E-state index contributed by atoms with van der Waals surface area (Å²) >= 11 is 3.44. The smallest absolute Gasteiger partial charge is 0.255 e. The fourth-order valence-electron chi connectivity index (χ4n) is 2.82. The second-order valence-electron chi connectivity index (χ2n) is 6.43. The molecule has 2 aromatic carbocycles. The number of anilines is 1. The van der Waals surface area contributed by atoms with E-state index in [-0.39, 0.29) is 11.8 Å². The topological polar surface area (TPSA) is 67.9 Å². The number of benzene rings is 2. The maximum Gasteiger partial charge on any atom is 0.255 e. The molecule has 3 rings (SSSR count). The molecule has 0 aliphatic carbocycles. The summed E-state index contributed by atoms with van der Waals surface area (Å²) in [6.45, 7) is 5.00. The number of nitrogens with one attached hydrogen (secondary N) is 1. The summed E-state index contributed by atoms with van der Waals surface area (Å²) in [4.78, 5) is 26.7. The van der Waals surface area contributed by atoms with E-state index in [0.29, 0.717) is 55.5 Å². The lowest BCUT2D eigenvalue weighted by Crippen LogP contribution is -2.40. The maximum atomic E-state index is 12.5. The number of hydrogen-bond donors (Lipinski definition) is 1. The number of carbonyl (C=O) groups excluding carboxylic acids is 2. The first kappa shape index (κ1) is 20.4. The number of amides is 2. The van der Waals surface area contributed by atoms with Gasteiger partial charge in [-0.05, 0) is 64.8 Å². The van der Waals surface area contributed by atoms with Gasteiger partial charge in [-0.1, -0.05) is 6.92 Å². The summed E-state index contributed by atoms with van der Waals surface area (Å²) in [7, 11) is 0. The summed E-state index contributed by atoms with van der Waals surface area (Å²) in [6, 6.07) is 12.2. The lowest BCUT2D eigenvalue weighted by Gasteiger charge is -2.26. The van der Waals surface area contributed by atoms with Crippen LogP contribution in [0, 0.1) is 0 Å². The Hall–Kier alpha value is -2.38. The van der Waals surface area contributed by atoms with Crippen LogP contribution in [0.4, 0.5) is 5.69 Å². The summed E-state index contributed by atoms with van der Waals surface area (Å²) in [5, 5.41) is 2.85. The standard InChI is InChI=1S/C21H23BrN2O4/c1-2-11-28-19-8-5-16(14-18(19)22)20(25)23-17-6-3-15(4-7-17)21(26)24-9-12-27-13-10-24/h3-8,14H,2,9-13H2,1H3,(H,23,25). The van der Waals surface area contributed by atoms with Gasteiger partial charge in [0.05, 0.1) is 24.3 Å². The molecule has 0 radical (unpaired) electrons. The predicted octanol–water partition coefficient (Wildman–Crippen LogP) is 3.96. The molecular weight excluding hydrogens is 424 g/mol. The van der Waals surface area contributed by atoms with Crippen LogP contribution < -0.4 is 10.1 Å². The Balaban J connectivity index is 1.62. The fourth-order valence-corrected chi connectivity index (χ4v) is 3.31. The van der Waals surface area contributed by atoms with Gasteiger partial charge in [-0.3, -0.25) is 9.59 Å². The highest BCUT2D eigenvalue weighted by molar-refractivity contribution is 9.10. The average Bonchev–Trinajstić information content (AvgIpc) is 2.73. The van der Waals surface area contributed by atoms with Crippen LogP contribution in [0.3, 0.4) is 0 Å². The molecule has 0 spiro atoms. The van der Waals surface area contributed by atoms with Crippen LogP contribution in [-0.4, -0.2) is 49.6 Å². The number of morpholine rings is 1. The van der Waals surface area contributed by atoms with E-state index in [9.17, 15) is 9.59 Å². The molecule has 7 heteroatoms. The summed E-state index contributed by atoms with van der Waals surface area (Å²) in [6.07, 6.45) is 0.915. The summed E-state index contributed by atoms with van der Waals surface area (Å²) in [5.74, 6) is 0.465. The molecule has 6 nitrogen and oxygen atoms in total. The van der Waals surface area contributed by atoms with Gasteiger partial charge in [0.2, 0.25) is 0 Å². The van der Waals surface area contributed by atoms with E-state index >= 15 is 0 Å². The Labute approximate surface area is 172 Å². The Bertz CT molecular complexity index is 833. The van der Waals surface area contributed by atoms with E-state index in [1.54, 1.807) is 47.4 Å². The minimum absolute atomic E-state index is 0.0206. The third-order valence-electron chi connectivity index (χ3n) is 4.34. The molecule has 0 atom stereocenters. The fraction of sp³-hybridized carbons (Fsp3) is 0.333. The van der Waals surface area contributed by atoms with Gasteiger partial charge in [0.1, 0.15) is 5.75 Å². The van der Waals surface area contributed by atoms with Crippen molar-refractivity contribution in [2.45, 2.75) is 13.3 Å². The van der Waals surface area contributed by atoms with E-state index in [4.69, 9.17) is 9.47 Å². The lowest BCUT2D eigenvalue weighted by molar-refractivity contribution is 0.0303. The second-order valence-corrected chi connectivity index (χ2v) is 7.28. The van der Waals surface area contributed by atoms with Gasteiger partial charge < -0.3 is 19.7 Å². The lowest BCUT2D eigenvalue weighted by atomic mass is 10.1. The maximum absolute atomic E-state index is 12.5. The molecular formula is C21H23BrN2O4. The van der Waals surface area contributed by atoms with Crippen molar-refractivity contribution in [1.29, 1.82) is 0 Å². The van der Waals surface area contributed by atoms with Gasteiger partial charge in [-0.2, -0.15) is 0 Å². The number of hydrogen-bond acceptors (Lipinski definition) is 4. The highest BCUT2D eigenvalue weighted by atomic mass is 79.9. The van der Waals surface area contributed by atoms with Gasteiger partial charge in [0.25, 0.3) is 11.8 Å². The van der Waals surface area contributed by atoms with Crippen molar-refractivity contribution in [2.24, 2.45) is 0 Å². The van der Waals surface area contributed by atoms with Crippen LogP contribution in [0.5, 0.6) is 5.75 Å². The number of halogens is 1. The molecule has 148 valence electrons. The number of rotatable bonds is 6. The molecule has 0 bridgehead atoms. The third-order valence-corrected chi connectivity index (χ3v) is 4.96. The highest BCUT2D eigenvalue weighted by Gasteiger charge is 2.18. The molecule has 1 aliphatic rings. The Morgan fingerprint density at radius 1 is 1.11 bits per heavy atom. The molecule has 2 aromatic rings. The molecule has 1 heterocycles. The summed E-state index contributed by atoms with van der Waals surface area (Å²) in [5.41, 5.74) is 1.75. The van der Waals surface area contributed by atoms with Gasteiger partial charge in [0.15, 0.2) is 0 Å². The Morgan fingerprint density at radius 2 is 1.79 bits per heavy atom. The molecule has 0 saturated carbocycles. The first-order valence-electron chi connectivity index (χ1n) is 9.29. The van der Waals surface area contributed by atoms with Crippen LogP contribution >= 0.6 is 15.9 Å². The van der Waals surface area contributed by atoms with E-state index in [1.807, 2.05) is 6.92 Å². The van der Waals surface area contributed by atoms with Crippen molar-refractivity contribution in [1.82, 2.24) is 4.90 Å². The van der Waals surface area contributed by atoms with Crippen molar-refractivity contribution >= 4 is 33.4 Å². The van der Waals surface area contributed by atoms with Crippen molar-refractivity contribution < 1.29 is 19.1 Å². The van der Waals surface area contributed by atoms with Crippen LogP contribution in [0.1, 0.15) is 34.1 Å². The minimum Gasteiger partial charge on any atom is -0.492 e. The number of ether oxygens (including phenoxy) is 2. The van der Waals surface area contributed by atoms with Crippen molar-refractivity contribution in [3.63, 3.8) is 0 Å². The van der Waals surface area contributed by atoms with Crippen molar-refractivity contribution in [3.05, 3.63) is 58.1 Å². The van der Waals surface area contributed by atoms with Crippen molar-refractivity contribution in [2.75, 3.05) is 38.2 Å². The second kappa shape index (κ2) is 9.71. The zero-order chi connectivity index (χ0) is 19.9. The molecule has 1 aliphatic heterocycles. The van der Waals surface area contributed by atoms with Crippen LogP contribution in [-0.2, 0) is 4.74 Å². The van der Waals surface area contributed by atoms with Crippen molar-refractivity contribution in [3.8, 4) is 5.75 Å². The summed E-state index contributed by atoms with van der Waals surface area (Å²) < 4.78 is 11.6. The highest BCUT2D eigenvalue weighted by Crippen LogP contribution is 2.26. The zero-order valence-corrected chi connectivity index (χ0v) is 17.3. The van der Waals surface area contributed by atoms with Crippen LogP contribution in [0.15, 0.2) is 46.9 Å². The normalized spacial score (nSPS) is 13.9. The Morgan fingerprint density at radius 3 is 2.43 bits per heavy atom. The van der Waals surface area contributed by atoms with Crippen LogP contribution in [0.25, 0.3) is 0 Å². The molecule has 0 aromatic heterocycles. The monoisotopic (exact) mass is 446 g/mol. The van der Waals surface area contributed by atoms with Gasteiger partial charge in [-0.25, -0.2) is 0 Å². The molecule has 28 heavy (non-hydrogen) atoms. The molecule has 1 N–H and O–H groups in total. The minimum atomic E-state index is -0.227. The first-order chi connectivity index (χ1) is 13.6. The number of carbonyl (C=O) groups is 2.